The summed E-state index contributed by atoms with van der Waals surface area (Å²) in [6.45, 7) is 5.66. The third-order valence-corrected chi connectivity index (χ3v) is 3.83. The average molecular weight is 346 g/mol. The van der Waals surface area contributed by atoms with Gasteiger partial charge in [-0.25, -0.2) is 9.97 Å². The molecule has 5 heteroatoms. The zero-order chi connectivity index (χ0) is 18.6. The number of hydrogen-bond acceptors (Lipinski definition) is 4. The molecule has 132 valence electrons. The van der Waals surface area contributed by atoms with Crippen molar-refractivity contribution in [2.75, 3.05) is 10.6 Å². The third-order valence-electron chi connectivity index (χ3n) is 3.83. The van der Waals surface area contributed by atoms with Crippen molar-refractivity contribution in [1.82, 2.24) is 9.97 Å². The minimum Gasteiger partial charge on any atom is -0.340 e. The summed E-state index contributed by atoms with van der Waals surface area (Å²) in [6, 6.07) is 19.4. The van der Waals surface area contributed by atoms with E-state index in [0.717, 1.165) is 22.6 Å². The summed E-state index contributed by atoms with van der Waals surface area (Å²) >= 11 is 0. The lowest BCUT2D eigenvalue weighted by Gasteiger charge is -2.17. The lowest BCUT2D eigenvalue weighted by Crippen LogP contribution is -2.27. The molecular formula is C21H22N4O. The van der Waals surface area contributed by atoms with Crippen LogP contribution in [0.15, 0.2) is 67.0 Å². The van der Waals surface area contributed by atoms with Crippen molar-refractivity contribution < 1.29 is 4.79 Å². The maximum absolute atomic E-state index is 12.0. The Morgan fingerprint density at radius 1 is 0.885 bits per heavy atom. The molecule has 0 radical (unpaired) electrons. The van der Waals surface area contributed by atoms with Gasteiger partial charge in [-0.3, -0.25) is 4.79 Å². The molecule has 0 spiro atoms. The maximum atomic E-state index is 12.0. The molecule has 0 aliphatic rings. The van der Waals surface area contributed by atoms with E-state index in [4.69, 9.17) is 0 Å². The molecule has 0 atom stereocenters. The number of nitrogens with zero attached hydrogens (tertiary/aromatic N) is 2. The Morgan fingerprint density at radius 3 is 2.19 bits per heavy atom. The molecule has 26 heavy (non-hydrogen) atoms. The number of rotatable bonds is 4. The van der Waals surface area contributed by atoms with E-state index >= 15 is 0 Å². The van der Waals surface area contributed by atoms with Crippen molar-refractivity contribution in [3.8, 4) is 11.3 Å². The molecule has 0 saturated heterocycles. The van der Waals surface area contributed by atoms with Gasteiger partial charge in [0.2, 0.25) is 5.91 Å². The second kappa shape index (κ2) is 7.35. The van der Waals surface area contributed by atoms with Gasteiger partial charge in [0, 0.05) is 28.4 Å². The van der Waals surface area contributed by atoms with Crippen LogP contribution in [0.2, 0.25) is 0 Å². The van der Waals surface area contributed by atoms with Gasteiger partial charge >= 0.3 is 0 Å². The normalized spacial score (nSPS) is 11.0. The Bertz CT molecular complexity index is 884. The van der Waals surface area contributed by atoms with Gasteiger partial charge in [0.15, 0.2) is 0 Å². The topological polar surface area (TPSA) is 66.9 Å². The van der Waals surface area contributed by atoms with Gasteiger partial charge in [-0.15, -0.1) is 0 Å². The number of carbonyl (C=O) groups is 1. The molecule has 0 fully saturated rings. The SMILES string of the molecule is CC(C)(C)C(=O)Nc1ccc(Nc2cc(-c3ccccc3)ncn2)cc1. The van der Waals surface area contributed by atoms with Crippen LogP contribution in [-0.2, 0) is 4.79 Å². The summed E-state index contributed by atoms with van der Waals surface area (Å²) in [6.07, 6.45) is 1.54. The number of benzene rings is 2. The van der Waals surface area contributed by atoms with Crippen LogP contribution < -0.4 is 10.6 Å². The summed E-state index contributed by atoms with van der Waals surface area (Å²) in [4.78, 5) is 20.6. The Balaban J connectivity index is 1.71. The van der Waals surface area contributed by atoms with E-state index in [9.17, 15) is 4.79 Å². The minimum atomic E-state index is -0.425. The molecule has 5 nitrogen and oxygen atoms in total. The zero-order valence-corrected chi connectivity index (χ0v) is 15.2. The Kier molecular flexibility index (Phi) is 4.98. The molecule has 1 aromatic heterocycles. The second-order valence-corrected chi connectivity index (χ2v) is 7.06. The zero-order valence-electron chi connectivity index (χ0n) is 15.2. The fourth-order valence-electron chi connectivity index (χ4n) is 2.30. The van der Waals surface area contributed by atoms with E-state index in [0.29, 0.717) is 5.82 Å². The van der Waals surface area contributed by atoms with Gasteiger partial charge in [0.05, 0.1) is 5.69 Å². The van der Waals surface area contributed by atoms with Gasteiger partial charge in [-0.2, -0.15) is 0 Å². The predicted molar refractivity (Wildman–Crippen MR) is 105 cm³/mol. The van der Waals surface area contributed by atoms with Gasteiger partial charge in [0.25, 0.3) is 0 Å². The van der Waals surface area contributed by atoms with E-state index < -0.39 is 5.41 Å². The van der Waals surface area contributed by atoms with Crippen LogP contribution in [0, 0.1) is 5.41 Å². The number of aromatic nitrogens is 2. The van der Waals surface area contributed by atoms with E-state index in [1.807, 2.05) is 81.4 Å². The summed E-state index contributed by atoms with van der Waals surface area (Å²) in [5.74, 6) is 0.701. The number of nitrogens with one attached hydrogen (secondary N) is 2. The number of amides is 1. The van der Waals surface area contributed by atoms with Crippen LogP contribution in [-0.4, -0.2) is 15.9 Å². The second-order valence-electron chi connectivity index (χ2n) is 7.06. The standard InChI is InChI=1S/C21H22N4O/c1-21(2,3)20(26)25-17-11-9-16(10-12-17)24-19-13-18(22-14-23-19)15-7-5-4-6-8-15/h4-14H,1-3H3,(H,25,26)(H,22,23,24). The molecule has 0 aliphatic carbocycles. The summed E-state index contributed by atoms with van der Waals surface area (Å²) in [5.41, 5.74) is 3.13. The van der Waals surface area contributed by atoms with Crippen molar-refractivity contribution >= 4 is 23.1 Å². The molecule has 2 aromatic carbocycles. The monoisotopic (exact) mass is 346 g/mol. The number of anilines is 3. The molecule has 0 saturated carbocycles. The van der Waals surface area contributed by atoms with Gasteiger partial charge in [-0.1, -0.05) is 51.1 Å². The van der Waals surface area contributed by atoms with E-state index in [2.05, 4.69) is 20.6 Å². The summed E-state index contributed by atoms with van der Waals surface area (Å²) in [7, 11) is 0. The van der Waals surface area contributed by atoms with Crippen molar-refractivity contribution in [2.24, 2.45) is 5.41 Å². The van der Waals surface area contributed by atoms with Crippen LogP contribution >= 0.6 is 0 Å². The summed E-state index contributed by atoms with van der Waals surface area (Å²) < 4.78 is 0. The predicted octanol–water partition coefficient (Wildman–Crippen LogP) is 4.87. The molecule has 0 bridgehead atoms. The van der Waals surface area contributed by atoms with Crippen molar-refractivity contribution in [3.05, 3.63) is 67.0 Å². The quantitative estimate of drug-likeness (QED) is 0.707. The molecule has 0 aliphatic heterocycles. The smallest absolute Gasteiger partial charge is 0.229 e. The maximum Gasteiger partial charge on any atom is 0.229 e. The van der Waals surface area contributed by atoms with Crippen LogP contribution in [0.25, 0.3) is 11.3 Å². The van der Waals surface area contributed by atoms with Gasteiger partial charge < -0.3 is 10.6 Å². The molecule has 1 amide bonds. The molecule has 1 heterocycles. The highest BCUT2D eigenvalue weighted by atomic mass is 16.2. The Hall–Kier alpha value is -3.21. The third kappa shape index (κ3) is 4.45. The lowest BCUT2D eigenvalue weighted by molar-refractivity contribution is -0.123. The van der Waals surface area contributed by atoms with E-state index in [1.54, 1.807) is 6.33 Å². The van der Waals surface area contributed by atoms with E-state index in [-0.39, 0.29) is 5.91 Å². The van der Waals surface area contributed by atoms with Crippen LogP contribution in [0.5, 0.6) is 0 Å². The molecule has 0 unspecified atom stereocenters. The van der Waals surface area contributed by atoms with Gasteiger partial charge in [-0.05, 0) is 24.3 Å². The first-order valence-corrected chi connectivity index (χ1v) is 8.48. The Labute approximate surface area is 153 Å². The van der Waals surface area contributed by atoms with Crippen LogP contribution in [0.1, 0.15) is 20.8 Å². The average Bonchev–Trinajstić information content (AvgIpc) is 2.63. The lowest BCUT2D eigenvalue weighted by atomic mass is 9.95. The highest BCUT2D eigenvalue weighted by Crippen LogP contribution is 2.23. The fraction of sp³-hybridized carbons (Fsp3) is 0.190. The molecule has 3 rings (SSSR count). The van der Waals surface area contributed by atoms with Crippen molar-refractivity contribution in [3.63, 3.8) is 0 Å². The van der Waals surface area contributed by atoms with Crippen LogP contribution in [0.3, 0.4) is 0 Å². The summed E-state index contributed by atoms with van der Waals surface area (Å²) in [5, 5.41) is 6.17. The van der Waals surface area contributed by atoms with Crippen LogP contribution in [0.4, 0.5) is 17.2 Å². The highest BCUT2D eigenvalue weighted by molar-refractivity contribution is 5.94. The molecule has 2 N–H and O–H groups in total. The number of carbonyl (C=O) groups excluding carboxylic acids is 1. The number of hydrogen-bond donors (Lipinski definition) is 2. The van der Waals surface area contributed by atoms with Gasteiger partial charge in [0.1, 0.15) is 12.1 Å². The fourth-order valence-corrected chi connectivity index (χ4v) is 2.30. The first-order valence-electron chi connectivity index (χ1n) is 8.48. The van der Waals surface area contributed by atoms with Crippen molar-refractivity contribution in [1.29, 1.82) is 0 Å². The van der Waals surface area contributed by atoms with E-state index in [1.165, 1.54) is 0 Å². The highest BCUT2D eigenvalue weighted by Gasteiger charge is 2.20. The van der Waals surface area contributed by atoms with Crippen molar-refractivity contribution in [2.45, 2.75) is 20.8 Å². The first-order chi connectivity index (χ1) is 12.4. The molecule has 3 aromatic rings. The minimum absolute atomic E-state index is 0.0125. The Morgan fingerprint density at radius 2 is 1.54 bits per heavy atom. The largest absolute Gasteiger partial charge is 0.340 e. The first kappa shape index (κ1) is 17.6. The molecular weight excluding hydrogens is 324 g/mol.